The summed E-state index contributed by atoms with van der Waals surface area (Å²) < 4.78 is 1.20. The highest BCUT2D eigenvalue weighted by atomic mass is 16.2. The zero-order valence-corrected chi connectivity index (χ0v) is 18.3. The number of nitrogens with zero attached hydrogens (tertiary/aromatic N) is 4. The summed E-state index contributed by atoms with van der Waals surface area (Å²) in [5.74, 6) is 0.0642. The van der Waals surface area contributed by atoms with Crippen LogP contribution in [0.5, 0.6) is 0 Å². The van der Waals surface area contributed by atoms with Gasteiger partial charge in [0.15, 0.2) is 0 Å². The summed E-state index contributed by atoms with van der Waals surface area (Å²) >= 11 is 0. The number of pyridine rings is 1. The molecule has 1 aliphatic rings. The highest BCUT2D eigenvalue weighted by Crippen LogP contribution is 2.28. The Bertz CT molecular complexity index is 1170. The molecule has 0 spiro atoms. The molecule has 3 aromatic rings. The van der Waals surface area contributed by atoms with Crippen LogP contribution in [0.25, 0.3) is 0 Å². The molecule has 3 heterocycles. The van der Waals surface area contributed by atoms with Crippen molar-refractivity contribution in [3.63, 3.8) is 0 Å². The first-order valence-corrected chi connectivity index (χ1v) is 10.8. The molecule has 1 unspecified atom stereocenters. The first-order valence-electron chi connectivity index (χ1n) is 10.8. The molecule has 0 saturated carbocycles. The van der Waals surface area contributed by atoms with Crippen LogP contribution < -0.4 is 5.56 Å². The maximum atomic E-state index is 13.0. The van der Waals surface area contributed by atoms with E-state index in [-0.39, 0.29) is 17.4 Å². The quantitative estimate of drug-likeness (QED) is 0.654. The Kier molecular flexibility index (Phi) is 5.98. The SMILES string of the molecule is Cc1cccc(Cc2cc(C)nc(C3CCCN(C(=O)c4ccc(=O)n(C)n4)C3)c2)c1. The zero-order chi connectivity index (χ0) is 22.0. The molecular weight excluding hydrogens is 388 g/mol. The van der Waals surface area contributed by atoms with Crippen molar-refractivity contribution < 1.29 is 4.79 Å². The van der Waals surface area contributed by atoms with E-state index in [0.717, 1.165) is 30.7 Å². The average Bonchev–Trinajstić information content (AvgIpc) is 2.75. The predicted octanol–water partition coefficient (Wildman–Crippen LogP) is 3.40. The van der Waals surface area contributed by atoms with Gasteiger partial charge in [0, 0.05) is 43.5 Å². The Hall–Kier alpha value is -3.28. The van der Waals surface area contributed by atoms with Gasteiger partial charge in [-0.05, 0) is 62.4 Å². The van der Waals surface area contributed by atoms with Crippen LogP contribution in [0.15, 0.2) is 53.3 Å². The topological polar surface area (TPSA) is 68.1 Å². The largest absolute Gasteiger partial charge is 0.337 e. The van der Waals surface area contributed by atoms with E-state index < -0.39 is 0 Å². The fourth-order valence-electron chi connectivity index (χ4n) is 4.32. The van der Waals surface area contributed by atoms with Crippen LogP contribution >= 0.6 is 0 Å². The molecule has 0 aliphatic carbocycles. The Labute approximate surface area is 182 Å². The molecule has 1 fully saturated rings. The lowest BCUT2D eigenvalue weighted by atomic mass is 9.92. The summed E-state index contributed by atoms with van der Waals surface area (Å²) in [5, 5.41) is 4.13. The third kappa shape index (κ3) is 4.90. The van der Waals surface area contributed by atoms with Gasteiger partial charge in [-0.1, -0.05) is 29.8 Å². The van der Waals surface area contributed by atoms with Crippen LogP contribution in [0.1, 0.15) is 57.3 Å². The van der Waals surface area contributed by atoms with E-state index in [1.54, 1.807) is 7.05 Å². The highest BCUT2D eigenvalue weighted by Gasteiger charge is 2.27. The minimum Gasteiger partial charge on any atom is -0.337 e. The van der Waals surface area contributed by atoms with E-state index in [9.17, 15) is 9.59 Å². The Morgan fingerprint density at radius 2 is 1.94 bits per heavy atom. The van der Waals surface area contributed by atoms with Gasteiger partial charge >= 0.3 is 0 Å². The molecule has 4 rings (SSSR count). The minimum atomic E-state index is -0.224. The van der Waals surface area contributed by atoms with Crippen LogP contribution in [0, 0.1) is 13.8 Å². The van der Waals surface area contributed by atoms with Crippen molar-refractivity contribution in [3.8, 4) is 0 Å². The van der Waals surface area contributed by atoms with E-state index >= 15 is 0 Å². The average molecular weight is 417 g/mol. The van der Waals surface area contributed by atoms with E-state index in [2.05, 4.69) is 48.4 Å². The second kappa shape index (κ2) is 8.84. The fourth-order valence-corrected chi connectivity index (χ4v) is 4.32. The maximum absolute atomic E-state index is 13.0. The summed E-state index contributed by atoms with van der Waals surface area (Å²) in [6.45, 7) is 5.45. The van der Waals surface area contributed by atoms with Crippen LogP contribution in [0.3, 0.4) is 0 Å². The second-order valence-corrected chi connectivity index (χ2v) is 8.48. The van der Waals surface area contributed by atoms with Crippen LogP contribution in [0.2, 0.25) is 0 Å². The number of carbonyl (C=O) groups excluding carboxylic acids is 1. The first kappa shape index (κ1) is 21.0. The van der Waals surface area contributed by atoms with Gasteiger partial charge in [0.2, 0.25) is 0 Å². The van der Waals surface area contributed by atoms with Crippen molar-refractivity contribution >= 4 is 5.91 Å². The van der Waals surface area contributed by atoms with E-state index in [0.29, 0.717) is 18.8 Å². The molecule has 31 heavy (non-hydrogen) atoms. The number of rotatable bonds is 4. The standard InChI is InChI=1S/C25H28N4O2/c1-17-6-4-7-19(12-17)14-20-13-18(2)26-23(15-20)21-8-5-11-29(16-21)25(31)22-9-10-24(30)28(3)27-22/h4,6-7,9-10,12-13,15,21H,5,8,11,14,16H2,1-3H3. The molecule has 1 atom stereocenters. The van der Waals surface area contributed by atoms with Gasteiger partial charge in [0.25, 0.3) is 11.5 Å². The third-order valence-corrected chi connectivity index (χ3v) is 5.83. The smallest absolute Gasteiger partial charge is 0.274 e. The van der Waals surface area contributed by atoms with Crippen molar-refractivity contribution in [1.82, 2.24) is 19.7 Å². The lowest BCUT2D eigenvalue weighted by Gasteiger charge is -2.32. The van der Waals surface area contributed by atoms with Crippen molar-refractivity contribution in [2.45, 2.75) is 39.0 Å². The molecule has 1 aliphatic heterocycles. The molecule has 6 heteroatoms. The first-order chi connectivity index (χ1) is 14.9. The van der Waals surface area contributed by atoms with Crippen molar-refractivity contribution in [2.24, 2.45) is 7.05 Å². The second-order valence-electron chi connectivity index (χ2n) is 8.48. The highest BCUT2D eigenvalue weighted by molar-refractivity contribution is 5.92. The Morgan fingerprint density at radius 3 is 2.71 bits per heavy atom. The minimum absolute atomic E-state index is 0.132. The number of hydrogen-bond donors (Lipinski definition) is 0. The fraction of sp³-hybridized carbons (Fsp3) is 0.360. The Balaban J connectivity index is 1.53. The summed E-state index contributed by atoms with van der Waals surface area (Å²) in [6.07, 6.45) is 2.80. The number of likely N-dealkylation sites (tertiary alicyclic amines) is 1. The normalized spacial score (nSPS) is 16.4. The summed E-state index contributed by atoms with van der Waals surface area (Å²) in [6, 6.07) is 15.8. The maximum Gasteiger partial charge on any atom is 0.274 e. The van der Waals surface area contributed by atoms with Gasteiger partial charge in [-0.3, -0.25) is 14.6 Å². The zero-order valence-electron chi connectivity index (χ0n) is 18.3. The molecule has 1 aromatic carbocycles. The van der Waals surface area contributed by atoms with Gasteiger partial charge in [-0.15, -0.1) is 0 Å². The van der Waals surface area contributed by atoms with E-state index in [1.165, 1.54) is 33.5 Å². The molecule has 2 aromatic heterocycles. The molecule has 0 radical (unpaired) electrons. The molecule has 6 nitrogen and oxygen atoms in total. The van der Waals surface area contributed by atoms with Crippen molar-refractivity contribution in [1.29, 1.82) is 0 Å². The van der Waals surface area contributed by atoms with Gasteiger partial charge in [0.1, 0.15) is 5.69 Å². The lowest BCUT2D eigenvalue weighted by Crippen LogP contribution is -2.40. The lowest BCUT2D eigenvalue weighted by molar-refractivity contribution is 0.0697. The summed E-state index contributed by atoms with van der Waals surface area (Å²) in [5.41, 5.74) is 5.93. The molecule has 0 N–H and O–H groups in total. The molecule has 0 bridgehead atoms. The van der Waals surface area contributed by atoms with Gasteiger partial charge < -0.3 is 4.90 Å². The van der Waals surface area contributed by atoms with Gasteiger partial charge in [-0.2, -0.15) is 5.10 Å². The number of hydrogen-bond acceptors (Lipinski definition) is 4. The van der Waals surface area contributed by atoms with Crippen molar-refractivity contribution in [3.05, 3.63) is 92.7 Å². The van der Waals surface area contributed by atoms with Crippen molar-refractivity contribution in [2.75, 3.05) is 13.1 Å². The van der Waals surface area contributed by atoms with Crippen LogP contribution in [-0.4, -0.2) is 38.7 Å². The summed E-state index contributed by atoms with van der Waals surface area (Å²) in [4.78, 5) is 31.2. The Morgan fingerprint density at radius 1 is 1.10 bits per heavy atom. The molecule has 1 saturated heterocycles. The number of piperidine rings is 1. The van der Waals surface area contributed by atoms with Crippen LogP contribution in [-0.2, 0) is 13.5 Å². The molecule has 1 amide bonds. The number of aryl methyl sites for hydroxylation is 3. The molecular formula is C25H28N4O2. The predicted molar refractivity (Wildman–Crippen MR) is 120 cm³/mol. The summed E-state index contributed by atoms with van der Waals surface area (Å²) in [7, 11) is 1.56. The molecule has 160 valence electrons. The monoisotopic (exact) mass is 416 g/mol. The number of benzene rings is 1. The third-order valence-electron chi connectivity index (χ3n) is 5.83. The number of aromatic nitrogens is 3. The van der Waals surface area contributed by atoms with E-state index in [4.69, 9.17) is 4.98 Å². The van der Waals surface area contributed by atoms with Gasteiger partial charge in [0.05, 0.1) is 0 Å². The van der Waals surface area contributed by atoms with Crippen LogP contribution in [0.4, 0.5) is 0 Å². The van der Waals surface area contributed by atoms with E-state index in [1.807, 2.05) is 11.8 Å². The number of carbonyl (C=O) groups is 1. The van der Waals surface area contributed by atoms with Gasteiger partial charge in [-0.25, -0.2) is 4.68 Å². The number of amides is 1.